The van der Waals surface area contributed by atoms with Crippen LogP contribution in [0.4, 0.5) is 0 Å². The molecule has 27 heavy (non-hydrogen) atoms. The molecule has 0 saturated carbocycles. The smallest absolute Gasteiger partial charge is 0.227 e. The minimum absolute atomic E-state index is 0.231. The largest absolute Gasteiger partial charge is 0.340 e. The van der Waals surface area contributed by atoms with Crippen molar-refractivity contribution in [3.8, 4) is 10.6 Å². The lowest BCUT2D eigenvalue weighted by atomic mass is 10.1. The molecule has 1 fully saturated rings. The Kier molecular flexibility index (Phi) is 5.66. The van der Waals surface area contributed by atoms with E-state index < -0.39 is 0 Å². The fourth-order valence-electron chi connectivity index (χ4n) is 3.38. The van der Waals surface area contributed by atoms with Gasteiger partial charge in [0.1, 0.15) is 5.01 Å². The normalized spacial score (nSPS) is 15.2. The first-order valence-electron chi connectivity index (χ1n) is 9.21. The first-order valence-corrected chi connectivity index (χ1v) is 11.0. The SMILES string of the molecule is Cc1cccc(CC(=O)N2CCN(Cc3nc(-c4cccs4)cs3)CC2)c1. The molecule has 1 aliphatic heterocycles. The van der Waals surface area contributed by atoms with Gasteiger partial charge in [0.25, 0.3) is 0 Å². The van der Waals surface area contributed by atoms with Crippen LogP contribution in [0.2, 0.25) is 0 Å². The van der Waals surface area contributed by atoms with Gasteiger partial charge in [0, 0.05) is 31.6 Å². The van der Waals surface area contributed by atoms with E-state index in [9.17, 15) is 4.79 Å². The van der Waals surface area contributed by atoms with E-state index in [4.69, 9.17) is 4.98 Å². The number of carbonyl (C=O) groups is 1. The quantitative estimate of drug-likeness (QED) is 0.651. The Morgan fingerprint density at radius 1 is 1.11 bits per heavy atom. The summed E-state index contributed by atoms with van der Waals surface area (Å²) >= 11 is 3.45. The van der Waals surface area contributed by atoms with Crippen molar-refractivity contribution < 1.29 is 4.79 Å². The van der Waals surface area contributed by atoms with E-state index in [0.717, 1.165) is 49.0 Å². The maximum absolute atomic E-state index is 12.6. The molecule has 4 rings (SSSR count). The highest BCUT2D eigenvalue weighted by Gasteiger charge is 2.22. The predicted molar refractivity (Wildman–Crippen MR) is 112 cm³/mol. The van der Waals surface area contributed by atoms with E-state index in [1.165, 1.54) is 10.4 Å². The van der Waals surface area contributed by atoms with Crippen molar-refractivity contribution in [2.75, 3.05) is 26.2 Å². The van der Waals surface area contributed by atoms with E-state index in [-0.39, 0.29) is 5.91 Å². The second-order valence-electron chi connectivity index (χ2n) is 6.93. The molecule has 3 aromatic rings. The van der Waals surface area contributed by atoms with Gasteiger partial charge in [0.2, 0.25) is 5.91 Å². The molecular weight excluding hydrogens is 374 g/mol. The lowest BCUT2D eigenvalue weighted by molar-refractivity contribution is -0.132. The van der Waals surface area contributed by atoms with Crippen LogP contribution in [0.25, 0.3) is 10.6 Å². The number of piperazine rings is 1. The number of amides is 1. The van der Waals surface area contributed by atoms with Crippen LogP contribution < -0.4 is 0 Å². The molecule has 2 aromatic heterocycles. The Balaban J connectivity index is 1.28. The van der Waals surface area contributed by atoms with Gasteiger partial charge in [-0.1, -0.05) is 35.9 Å². The Morgan fingerprint density at radius 3 is 2.70 bits per heavy atom. The average molecular weight is 398 g/mol. The topological polar surface area (TPSA) is 36.4 Å². The number of thiazole rings is 1. The molecule has 3 heterocycles. The Bertz CT molecular complexity index is 896. The van der Waals surface area contributed by atoms with Gasteiger partial charge in [0.15, 0.2) is 0 Å². The highest BCUT2D eigenvalue weighted by atomic mass is 32.1. The zero-order chi connectivity index (χ0) is 18.6. The number of benzene rings is 1. The zero-order valence-electron chi connectivity index (χ0n) is 15.4. The minimum Gasteiger partial charge on any atom is -0.340 e. The molecule has 0 N–H and O–H groups in total. The van der Waals surface area contributed by atoms with Crippen molar-refractivity contribution in [3.63, 3.8) is 0 Å². The maximum atomic E-state index is 12.6. The lowest BCUT2D eigenvalue weighted by Gasteiger charge is -2.34. The summed E-state index contributed by atoms with van der Waals surface area (Å²) in [4.78, 5) is 23.0. The molecule has 1 aliphatic rings. The van der Waals surface area contributed by atoms with Crippen LogP contribution in [0.5, 0.6) is 0 Å². The van der Waals surface area contributed by atoms with Gasteiger partial charge in [-0.3, -0.25) is 9.69 Å². The van der Waals surface area contributed by atoms with Gasteiger partial charge in [-0.05, 0) is 23.9 Å². The first kappa shape index (κ1) is 18.3. The summed E-state index contributed by atoms with van der Waals surface area (Å²) in [6.07, 6.45) is 0.498. The van der Waals surface area contributed by atoms with Gasteiger partial charge in [-0.25, -0.2) is 4.98 Å². The molecule has 4 nitrogen and oxygen atoms in total. The van der Waals surface area contributed by atoms with Crippen LogP contribution in [-0.2, 0) is 17.8 Å². The molecule has 6 heteroatoms. The summed E-state index contributed by atoms with van der Waals surface area (Å²) in [5, 5.41) is 5.38. The summed E-state index contributed by atoms with van der Waals surface area (Å²) in [5.74, 6) is 0.231. The minimum atomic E-state index is 0.231. The van der Waals surface area contributed by atoms with E-state index in [0.29, 0.717) is 6.42 Å². The monoisotopic (exact) mass is 397 g/mol. The lowest BCUT2D eigenvalue weighted by Crippen LogP contribution is -2.48. The van der Waals surface area contributed by atoms with Gasteiger partial charge < -0.3 is 4.90 Å². The third kappa shape index (κ3) is 4.64. The molecule has 0 atom stereocenters. The van der Waals surface area contributed by atoms with E-state index in [1.807, 2.05) is 17.0 Å². The third-order valence-electron chi connectivity index (χ3n) is 4.85. The molecule has 0 unspecified atom stereocenters. The zero-order valence-corrected chi connectivity index (χ0v) is 17.1. The number of carbonyl (C=O) groups excluding carboxylic acids is 1. The summed E-state index contributed by atoms with van der Waals surface area (Å²) < 4.78 is 0. The van der Waals surface area contributed by atoms with E-state index in [1.54, 1.807) is 22.7 Å². The second kappa shape index (κ2) is 8.33. The van der Waals surface area contributed by atoms with Gasteiger partial charge in [-0.15, -0.1) is 22.7 Å². The number of rotatable bonds is 5. The van der Waals surface area contributed by atoms with Crippen molar-refractivity contribution in [2.24, 2.45) is 0 Å². The van der Waals surface area contributed by atoms with Gasteiger partial charge in [-0.2, -0.15) is 0 Å². The van der Waals surface area contributed by atoms with Gasteiger partial charge >= 0.3 is 0 Å². The molecule has 0 radical (unpaired) electrons. The standard InChI is InChI=1S/C21H23N3OS2/c1-16-4-2-5-17(12-16)13-21(25)24-9-7-23(8-10-24)14-20-22-18(15-27-20)19-6-3-11-26-19/h2-6,11-12,15H,7-10,13-14H2,1H3. The van der Waals surface area contributed by atoms with E-state index in [2.05, 4.69) is 46.8 Å². The first-order chi connectivity index (χ1) is 13.2. The van der Waals surface area contributed by atoms with Gasteiger partial charge in [0.05, 0.1) is 23.5 Å². The number of nitrogens with zero attached hydrogens (tertiary/aromatic N) is 3. The van der Waals surface area contributed by atoms with Crippen LogP contribution in [0.1, 0.15) is 16.1 Å². The van der Waals surface area contributed by atoms with Crippen molar-refractivity contribution in [1.82, 2.24) is 14.8 Å². The maximum Gasteiger partial charge on any atom is 0.227 e. The number of aromatic nitrogens is 1. The van der Waals surface area contributed by atoms with Crippen molar-refractivity contribution in [2.45, 2.75) is 19.9 Å². The van der Waals surface area contributed by atoms with Crippen molar-refractivity contribution in [3.05, 3.63) is 63.3 Å². The molecular formula is C21H23N3OS2. The Hall–Kier alpha value is -2.02. The number of hydrogen-bond donors (Lipinski definition) is 0. The number of thiophene rings is 1. The van der Waals surface area contributed by atoms with E-state index >= 15 is 0 Å². The average Bonchev–Trinajstić information content (AvgIpc) is 3.34. The molecule has 0 spiro atoms. The molecule has 0 aliphatic carbocycles. The van der Waals surface area contributed by atoms with Crippen molar-refractivity contribution in [1.29, 1.82) is 0 Å². The summed E-state index contributed by atoms with van der Waals surface area (Å²) in [7, 11) is 0. The predicted octanol–water partition coefficient (Wildman–Crippen LogP) is 4.07. The van der Waals surface area contributed by atoms with Crippen LogP contribution in [0, 0.1) is 6.92 Å². The number of hydrogen-bond acceptors (Lipinski definition) is 5. The third-order valence-corrected chi connectivity index (χ3v) is 6.57. The summed E-state index contributed by atoms with van der Waals surface area (Å²) in [6.45, 7) is 6.35. The summed E-state index contributed by atoms with van der Waals surface area (Å²) in [6, 6.07) is 12.4. The molecule has 1 saturated heterocycles. The van der Waals surface area contributed by atoms with Crippen LogP contribution in [-0.4, -0.2) is 46.9 Å². The fraction of sp³-hybridized carbons (Fsp3) is 0.333. The van der Waals surface area contributed by atoms with Crippen LogP contribution >= 0.6 is 22.7 Å². The van der Waals surface area contributed by atoms with Crippen LogP contribution in [0.15, 0.2) is 47.2 Å². The molecule has 0 bridgehead atoms. The Morgan fingerprint density at radius 2 is 1.96 bits per heavy atom. The molecule has 140 valence electrons. The Labute approximate surface area is 168 Å². The van der Waals surface area contributed by atoms with Crippen molar-refractivity contribution >= 4 is 28.6 Å². The second-order valence-corrected chi connectivity index (χ2v) is 8.82. The molecule has 1 aromatic carbocycles. The highest BCUT2D eigenvalue weighted by Crippen LogP contribution is 2.26. The summed E-state index contributed by atoms with van der Waals surface area (Å²) in [5.41, 5.74) is 3.39. The molecule has 1 amide bonds. The number of aryl methyl sites for hydroxylation is 1. The van der Waals surface area contributed by atoms with Crippen LogP contribution in [0.3, 0.4) is 0 Å². The fourth-order valence-corrected chi connectivity index (χ4v) is 4.97. The highest BCUT2D eigenvalue weighted by molar-refractivity contribution is 7.14.